The number of amides is 1. The predicted molar refractivity (Wildman–Crippen MR) is 83.4 cm³/mol. The van der Waals surface area contributed by atoms with Crippen LogP contribution < -0.4 is 4.90 Å². The minimum Gasteiger partial charge on any atom is -0.378 e. The van der Waals surface area contributed by atoms with Crippen LogP contribution in [0.2, 0.25) is 0 Å². The van der Waals surface area contributed by atoms with Gasteiger partial charge in [-0.2, -0.15) is 0 Å². The van der Waals surface area contributed by atoms with Crippen molar-refractivity contribution in [2.24, 2.45) is 5.92 Å². The van der Waals surface area contributed by atoms with Crippen LogP contribution in [-0.4, -0.2) is 72.9 Å². The molecule has 0 N–H and O–H groups in total. The summed E-state index contributed by atoms with van der Waals surface area (Å²) in [6.45, 7) is 4.76. The first kappa shape index (κ1) is 14.8. The predicted octanol–water partition coefficient (Wildman–Crippen LogP) is 0.564. The van der Waals surface area contributed by atoms with E-state index in [1.54, 1.807) is 17.3 Å². The van der Waals surface area contributed by atoms with Crippen molar-refractivity contribution < 1.29 is 14.3 Å². The second-order valence-corrected chi connectivity index (χ2v) is 6.36. The van der Waals surface area contributed by atoms with E-state index < -0.39 is 0 Å². The lowest BCUT2D eigenvalue weighted by molar-refractivity contribution is 0.0260. The number of nitrogens with zero attached hydrogens (tertiary/aromatic N) is 4. The van der Waals surface area contributed by atoms with Gasteiger partial charge in [-0.3, -0.25) is 9.78 Å². The Morgan fingerprint density at radius 2 is 1.96 bits per heavy atom. The molecule has 4 rings (SSSR count). The molecule has 23 heavy (non-hydrogen) atoms. The molecule has 124 valence electrons. The maximum atomic E-state index is 12.5. The number of hydrogen-bond donors (Lipinski definition) is 0. The molecule has 1 atom stereocenters. The van der Waals surface area contributed by atoms with Crippen molar-refractivity contribution in [3.05, 3.63) is 18.1 Å². The van der Waals surface area contributed by atoms with E-state index in [9.17, 15) is 4.79 Å². The van der Waals surface area contributed by atoms with Gasteiger partial charge < -0.3 is 19.3 Å². The van der Waals surface area contributed by atoms with Gasteiger partial charge in [-0.25, -0.2) is 4.98 Å². The van der Waals surface area contributed by atoms with Gasteiger partial charge in [0.25, 0.3) is 5.91 Å². The van der Waals surface area contributed by atoms with E-state index in [0.29, 0.717) is 50.6 Å². The van der Waals surface area contributed by atoms with E-state index in [1.807, 2.05) is 0 Å². The maximum Gasteiger partial charge on any atom is 0.274 e. The number of carbonyl (C=O) groups is 1. The van der Waals surface area contributed by atoms with E-state index in [4.69, 9.17) is 9.47 Å². The molecular weight excluding hydrogens is 296 g/mol. The first-order valence-corrected chi connectivity index (χ1v) is 8.37. The van der Waals surface area contributed by atoms with Crippen LogP contribution in [0.4, 0.5) is 5.82 Å². The Morgan fingerprint density at radius 1 is 1.13 bits per heavy atom. The summed E-state index contributed by atoms with van der Waals surface area (Å²) >= 11 is 0. The average molecular weight is 318 g/mol. The van der Waals surface area contributed by atoms with Crippen LogP contribution in [0.5, 0.6) is 0 Å². The van der Waals surface area contributed by atoms with Crippen LogP contribution in [0.25, 0.3) is 0 Å². The zero-order valence-electron chi connectivity index (χ0n) is 13.2. The molecule has 1 aromatic heterocycles. The normalized spacial score (nSPS) is 25.5. The van der Waals surface area contributed by atoms with Crippen LogP contribution in [0, 0.1) is 5.92 Å². The monoisotopic (exact) mass is 318 g/mol. The minimum absolute atomic E-state index is 0.0605. The second-order valence-electron chi connectivity index (χ2n) is 6.36. The second kappa shape index (κ2) is 6.41. The topological polar surface area (TPSA) is 67.8 Å². The fourth-order valence-corrected chi connectivity index (χ4v) is 3.18. The highest BCUT2D eigenvalue weighted by Gasteiger charge is 2.35. The van der Waals surface area contributed by atoms with Crippen LogP contribution >= 0.6 is 0 Å². The molecule has 0 bridgehead atoms. The first-order valence-electron chi connectivity index (χ1n) is 8.37. The molecule has 1 aromatic rings. The zero-order chi connectivity index (χ0) is 15.6. The van der Waals surface area contributed by atoms with Crippen LogP contribution in [0.3, 0.4) is 0 Å². The van der Waals surface area contributed by atoms with E-state index >= 15 is 0 Å². The van der Waals surface area contributed by atoms with Crippen LogP contribution in [-0.2, 0) is 9.47 Å². The van der Waals surface area contributed by atoms with Crippen molar-refractivity contribution in [1.82, 2.24) is 14.9 Å². The Bertz CT molecular complexity index is 572. The molecule has 0 unspecified atom stereocenters. The molecule has 3 fully saturated rings. The van der Waals surface area contributed by atoms with Gasteiger partial charge in [0, 0.05) is 26.2 Å². The third-order valence-electron chi connectivity index (χ3n) is 4.70. The summed E-state index contributed by atoms with van der Waals surface area (Å²) in [4.78, 5) is 25.3. The summed E-state index contributed by atoms with van der Waals surface area (Å²) in [6, 6.07) is 0. The first-order chi connectivity index (χ1) is 11.3. The summed E-state index contributed by atoms with van der Waals surface area (Å²) in [5.74, 6) is 1.41. The van der Waals surface area contributed by atoms with Crippen molar-refractivity contribution in [2.75, 3.05) is 50.9 Å². The quantitative estimate of drug-likeness (QED) is 0.811. The Morgan fingerprint density at radius 3 is 2.74 bits per heavy atom. The molecular formula is C16H22N4O3. The van der Waals surface area contributed by atoms with Gasteiger partial charge in [-0.1, -0.05) is 0 Å². The fraction of sp³-hybridized carbons (Fsp3) is 0.688. The zero-order valence-corrected chi connectivity index (χ0v) is 13.2. The lowest BCUT2D eigenvalue weighted by Gasteiger charge is -2.34. The molecule has 0 radical (unpaired) electrons. The molecule has 7 heteroatoms. The third kappa shape index (κ3) is 3.30. The standard InChI is InChI=1S/C16H22N4O3/c21-16(19-3-6-22-7-4-19)13-9-17-10-15(18-13)20-5-8-23-14(11-20)12-1-2-12/h9-10,12,14H,1-8,11H2/t14-/m0/s1. The summed E-state index contributed by atoms with van der Waals surface area (Å²) in [7, 11) is 0. The highest BCUT2D eigenvalue weighted by Crippen LogP contribution is 2.36. The molecule has 3 aliphatic rings. The Labute approximate surface area is 135 Å². The molecule has 0 spiro atoms. The molecule has 2 aliphatic heterocycles. The van der Waals surface area contributed by atoms with Gasteiger partial charge in [0.2, 0.25) is 0 Å². The molecule has 1 saturated carbocycles. The fourth-order valence-electron chi connectivity index (χ4n) is 3.18. The molecule has 1 aliphatic carbocycles. The number of morpholine rings is 2. The smallest absolute Gasteiger partial charge is 0.274 e. The molecule has 7 nitrogen and oxygen atoms in total. The van der Waals surface area contributed by atoms with E-state index in [0.717, 1.165) is 18.9 Å². The highest BCUT2D eigenvalue weighted by atomic mass is 16.5. The van der Waals surface area contributed by atoms with Crippen molar-refractivity contribution >= 4 is 11.7 Å². The molecule has 0 aromatic carbocycles. The third-order valence-corrected chi connectivity index (χ3v) is 4.70. The molecule has 1 amide bonds. The van der Waals surface area contributed by atoms with Gasteiger partial charge in [0.05, 0.1) is 38.3 Å². The van der Waals surface area contributed by atoms with Crippen molar-refractivity contribution in [3.63, 3.8) is 0 Å². The lowest BCUT2D eigenvalue weighted by atomic mass is 10.2. The molecule has 3 heterocycles. The summed E-state index contributed by atoms with van der Waals surface area (Å²) in [6.07, 6.45) is 6.12. The highest BCUT2D eigenvalue weighted by molar-refractivity contribution is 5.92. The lowest BCUT2D eigenvalue weighted by Crippen LogP contribution is -2.44. The van der Waals surface area contributed by atoms with Crippen molar-refractivity contribution in [3.8, 4) is 0 Å². The maximum absolute atomic E-state index is 12.5. The number of anilines is 1. The van der Waals surface area contributed by atoms with Crippen LogP contribution in [0.15, 0.2) is 12.4 Å². The molecule has 2 saturated heterocycles. The number of hydrogen-bond acceptors (Lipinski definition) is 6. The van der Waals surface area contributed by atoms with Crippen LogP contribution in [0.1, 0.15) is 23.3 Å². The van der Waals surface area contributed by atoms with Gasteiger partial charge in [-0.05, 0) is 18.8 Å². The number of rotatable bonds is 3. The number of carbonyl (C=O) groups excluding carboxylic acids is 1. The largest absolute Gasteiger partial charge is 0.378 e. The SMILES string of the molecule is O=C(c1cncc(N2CCO[C@H](C3CC3)C2)n1)N1CCOCC1. The summed E-state index contributed by atoms with van der Waals surface area (Å²) in [5, 5.41) is 0. The van der Waals surface area contributed by atoms with Gasteiger partial charge in [0.1, 0.15) is 11.5 Å². The summed E-state index contributed by atoms with van der Waals surface area (Å²) < 4.78 is 11.1. The van der Waals surface area contributed by atoms with Gasteiger partial charge in [0.15, 0.2) is 0 Å². The van der Waals surface area contributed by atoms with Crippen molar-refractivity contribution in [2.45, 2.75) is 18.9 Å². The number of ether oxygens (including phenoxy) is 2. The Balaban J connectivity index is 1.47. The van der Waals surface area contributed by atoms with Gasteiger partial charge in [-0.15, -0.1) is 0 Å². The van der Waals surface area contributed by atoms with E-state index in [1.165, 1.54) is 12.8 Å². The Hall–Kier alpha value is -1.73. The average Bonchev–Trinajstić information content (AvgIpc) is 3.47. The van der Waals surface area contributed by atoms with Gasteiger partial charge >= 0.3 is 0 Å². The van der Waals surface area contributed by atoms with Crippen molar-refractivity contribution in [1.29, 1.82) is 0 Å². The number of aromatic nitrogens is 2. The van der Waals surface area contributed by atoms with E-state index in [-0.39, 0.29) is 5.91 Å². The minimum atomic E-state index is -0.0605. The Kier molecular flexibility index (Phi) is 4.13. The van der Waals surface area contributed by atoms with E-state index in [2.05, 4.69) is 14.9 Å². The summed E-state index contributed by atoms with van der Waals surface area (Å²) in [5.41, 5.74) is 0.416.